The van der Waals surface area contributed by atoms with E-state index >= 15 is 0 Å². The zero-order valence-electron chi connectivity index (χ0n) is 21.4. The van der Waals surface area contributed by atoms with Crippen molar-refractivity contribution in [3.63, 3.8) is 0 Å². The van der Waals surface area contributed by atoms with Crippen molar-refractivity contribution >= 4 is 23.3 Å². The van der Waals surface area contributed by atoms with Crippen LogP contribution in [0.2, 0.25) is 0 Å². The van der Waals surface area contributed by atoms with Gasteiger partial charge in [-0.1, -0.05) is 17.3 Å². The second kappa shape index (κ2) is 10.7. The van der Waals surface area contributed by atoms with E-state index in [1.165, 1.54) is 17.6 Å². The Hall–Kier alpha value is -3.09. The molecule has 7 nitrogen and oxygen atoms in total. The summed E-state index contributed by atoms with van der Waals surface area (Å²) in [6.45, 7) is 8.87. The van der Waals surface area contributed by atoms with Gasteiger partial charge in [0, 0.05) is 30.4 Å². The maximum atomic E-state index is 12.8. The molecule has 0 spiro atoms. The lowest BCUT2D eigenvalue weighted by molar-refractivity contribution is 0.0256. The average molecular weight is 480 g/mol. The Morgan fingerprint density at radius 2 is 1.94 bits per heavy atom. The number of carbonyl (C=O) groups excluding carboxylic acids is 2. The van der Waals surface area contributed by atoms with Gasteiger partial charge in [-0.25, -0.2) is 4.79 Å². The molecule has 4 rings (SSSR count). The number of nitrogens with one attached hydrogen (secondary N) is 1. The minimum Gasteiger partial charge on any atom is -0.444 e. The Labute approximate surface area is 207 Å². The topological polar surface area (TPSA) is 84.7 Å². The van der Waals surface area contributed by atoms with Crippen molar-refractivity contribution in [1.82, 2.24) is 10.1 Å². The molecule has 35 heavy (non-hydrogen) atoms. The fraction of sp³-hybridized carbons (Fsp3) is 0.536. The first-order valence-electron chi connectivity index (χ1n) is 12.8. The van der Waals surface area contributed by atoms with Gasteiger partial charge in [0.1, 0.15) is 11.4 Å². The van der Waals surface area contributed by atoms with E-state index in [1.807, 2.05) is 31.7 Å². The van der Waals surface area contributed by atoms with Crippen molar-refractivity contribution in [3.05, 3.63) is 52.9 Å². The Morgan fingerprint density at radius 1 is 1.11 bits per heavy atom. The van der Waals surface area contributed by atoms with E-state index in [4.69, 9.17) is 9.26 Å². The van der Waals surface area contributed by atoms with E-state index in [2.05, 4.69) is 28.7 Å². The van der Waals surface area contributed by atoms with Gasteiger partial charge in [0.25, 0.3) is 5.91 Å². The van der Waals surface area contributed by atoms with Crippen LogP contribution in [0.15, 0.2) is 34.9 Å². The van der Waals surface area contributed by atoms with Gasteiger partial charge in [0.05, 0.1) is 0 Å². The number of likely N-dealkylation sites (tertiary alicyclic amines) is 1. The zero-order valence-corrected chi connectivity index (χ0v) is 21.4. The molecule has 1 aromatic carbocycles. The highest BCUT2D eigenvalue weighted by Crippen LogP contribution is 2.36. The summed E-state index contributed by atoms with van der Waals surface area (Å²) in [5.74, 6) is 0.692. The van der Waals surface area contributed by atoms with E-state index in [0.717, 1.165) is 49.8 Å². The first-order valence-corrected chi connectivity index (χ1v) is 12.8. The number of aryl methyl sites for hydroxylation is 1. The predicted molar refractivity (Wildman–Crippen MR) is 136 cm³/mol. The van der Waals surface area contributed by atoms with Gasteiger partial charge in [-0.2, -0.15) is 0 Å². The van der Waals surface area contributed by atoms with Crippen LogP contribution >= 0.6 is 0 Å². The predicted octanol–water partition coefficient (Wildman–Crippen LogP) is 6.70. The third-order valence-corrected chi connectivity index (χ3v) is 6.64. The summed E-state index contributed by atoms with van der Waals surface area (Å²) in [4.78, 5) is 27.2. The van der Waals surface area contributed by atoms with Crippen molar-refractivity contribution in [3.8, 4) is 0 Å². The quantitative estimate of drug-likeness (QED) is 0.528. The number of hydrogen-bond acceptors (Lipinski definition) is 5. The van der Waals surface area contributed by atoms with E-state index < -0.39 is 5.60 Å². The van der Waals surface area contributed by atoms with Gasteiger partial charge >= 0.3 is 6.09 Å². The summed E-state index contributed by atoms with van der Waals surface area (Å²) in [6, 6.07) is 8.02. The van der Waals surface area contributed by atoms with Crippen molar-refractivity contribution in [2.24, 2.45) is 0 Å². The minimum atomic E-state index is -0.490. The van der Waals surface area contributed by atoms with Crippen molar-refractivity contribution < 1.29 is 18.8 Å². The van der Waals surface area contributed by atoms with Gasteiger partial charge in [-0.05, 0) is 102 Å². The van der Waals surface area contributed by atoms with Crippen LogP contribution in [0.5, 0.6) is 0 Å². The van der Waals surface area contributed by atoms with E-state index in [0.29, 0.717) is 24.8 Å². The Kier molecular flexibility index (Phi) is 7.63. The van der Waals surface area contributed by atoms with Crippen LogP contribution in [0.1, 0.15) is 99.0 Å². The summed E-state index contributed by atoms with van der Waals surface area (Å²) in [5, 5.41) is 6.91. The standard InChI is InChI=1S/C28H37N3O4/c1-19-17-25(30-35-19)26(32)29-24-13-12-22(18-23(24)21-9-6-5-7-10-21)20-11-8-15-31(16-14-20)27(33)34-28(2,3)4/h9,12-13,17-18,20H,5-8,10-11,14-16H2,1-4H3,(H,29,32). The number of hydrogen-bond donors (Lipinski definition) is 1. The van der Waals surface area contributed by atoms with Crippen molar-refractivity contribution in [2.75, 3.05) is 18.4 Å². The van der Waals surface area contributed by atoms with Crippen LogP contribution in [0, 0.1) is 6.92 Å². The van der Waals surface area contributed by atoms with E-state index in [9.17, 15) is 9.59 Å². The number of rotatable bonds is 4. The van der Waals surface area contributed by atoms with Crippen LogP contribution < -0.4 is 5.32 Å². The van der Waals surface area contributed by atoms with Crippen LogP contribution in [-0.2, 0) is 4.74 Å². The average Bonchev–Trinajstić information content (AvgIpc) is 3.10. The zero-order chi connectivity index (χ0) is 25.0. The maximum Gasteiger partial charge on any atom is 0.410 e. The molecule has 2 aliphatic rings. The third-order valence-electron chi connectivity index (χ3n) is 6.64. The molecule has 0 radical (unpaired) electrons. The number of nitrogens with zero attached hydrogens (tertiary/aromatic N) is 2. The van der Waals surface area contributed by atoms with Gasteiger partial charge < -0.3 is 19.5 Å². The molecule has 1 saturated heterocycles. The molecule has 1 aromatic heterocycles. The van der Waals surface area contributed by atoms with E-state index in [-0.39, 0.29) is 17.7 Å². The molecule has 0 bridgehead atoms. The lowest BCUT2D eigenvalue weighted by atomic mass is 9.86. The van der Waals surface area contributed by atoms with Crippen molar-refractivity contribution in [1.29, 1.82) is 0 Å². The fourth-order valence-electron chi connectivity index (χ4n) is 4.87. The maximum absolute atomic E-state index is 12.8. The molecule has 1 unspecified atom stereocenters. The molecule has 188 valence electrons. The number of anilines is 1. The largest absolute Gasteiger partial charge is 0.444 e. The Morgan fingerprint density at radius 3 is 2.63 bits per heavy atom. The number of ether oxygens (including phenoxy) is 1. The summed E-state index contributed by atoms with van der Waals surface area (Å²) >= 11 is 0. The molecule has 2 heterocycles. The van der Waals surface area contributed by atoms with Crippen LogP contribution in [-0.4, -0.2) is 40.7 Å². The lowest BCUT2D eigenvalue weighted by Gasteiger charge is -2.26. The monoisotopic (exact) mass is 479 g/mol. The van der Waals surface area contributed by atoms with Crippen LogP contribution in [0.3, 0.4) is 0 Å². The highest BCUT2D eigenvalue weighted by Gasteiger charge is 2.26. The number of allylic oxidation sites excluding steroid dienone is 2. The fourth-order valence-corrected chi connectivity index (χ4v) is 4.87. The van der Waals surface area contributed by atoms with Gasteiger partial charge in [0.2, 0.25) is 0 Å². The third kappa shape index (κ3) is 6.53. The second-order valence-electron chi connectivity index (χ2n) is 10.7. The molecule has 7 heteroatoms. The SMILES string of the molecule is Cc1cc(C(=O)Nc2ccc(C3CCCN(C(=O)OC(C)(C)C)CC3)cc2C2=CCCCC2)no1. The number of amides is 2. The first kappa shape index (κ1) is 25.0. The lowest BCUT2D eigenvalue weighted by Crippen LogP contribution is -2.37. The second-order valence-corrected chi connectivity index (χ2v) is 10.7. The molecular formula is C28H37N3O4. The van der Waals surface area contributed by atoms with Crippen LogP contribution in [0.4, 0.5) is 10.5 Å². The van der Waals surface area contributed by atoms with E-state index in [1.54, 1.807) is 13.0 Å². The molecular weight excluding hydrogens is 442 g/mol. The minimum absolute atomic E-state index is 0.229. The summed E-state index contributed by atoms with van der Waals surface area (Å²) < 4.78 is 10.7. The van der Waals surface area contributed by atoms with Gasteiger partial charge in [-0.15, -0.1) is 0 Å². The van der Waals surface area contributed by atoms with Gasteiger partial charge in [-0.3, -0.25) is 4.79 Å². The number of aromatic nitrogens is 1. The first-order chi connectivity index (χ1) is 16.7. The molecule has 0 saturated carbocycles. The molecule has 1 aliphatic heterocycles. The Balaban J connectivity index is 1.54. The molecule has 2 amide bonds. The molecule has 1 N–H and O–H groups in total. The molecule has 1 aliphatic carbocycles. The summed E-state index contributed by atoms with van der Waals surface area (Å²) in [5.41, 5.74) is 4.22. The van der Waals surface area contributed by atoms with Crippen molar-refractivity contribution in [2.45, 2.75) is 84.2 Å². The number of carbonyl (C=O) groups is 2. The summed E-state index contributed by atoms with van der Waals surface area (Å²) in [7, 11) is 0. The normalized spacial score (nSPS) is 19.0. The Bertz CT molecular complexity index is 1100. The molecule has 1 atom stereocenters. The highest BCUT2D eigenvalue weighted by molar-refractivity contribution is 6.04. The smallest absolute Gasteiger partial charge is 0.410 e. The number of benzene rings is 1. The summed E-state index contributed by atoms with van der Waals surface area (Å²) in [6.07, 6.45) is 9.33. The van der Waals surface area contributed by atoms with Gasteiger partial charge in [0.15, 0.2) is 5.69 Å². The van der Waals surface area contributed by atoms with Crippen LogP contribution in [0.25, 0.3) is 5.57 Å². The molecule has 1 fully saturated rings. The highest BCUT2D eigenvalue weighted by atomic mass is 16.6. The molecule has 2 aromatic rings.